The average molecular weight is 302 g/mol. The molecule has 0 saturated heterocycles. The van der Waals surface area contributed by atoms with Gasteiger partial charge < -0.3 is 4.57 Å². The maximum absolute atomic E-state index is 4.27. The van der Waals surface area contributed by atoms with E-state index in [4.69, 9.17) is 0 Å². The van der Waals surface area contributed by atoms with Crippen molar-refractivity contribution >= 4 is 15.9 Å². The zero-order chi connectivity index (χ0) is 12.5. The van der Waals surface area contributed by atoms with E-state index in [1.807, 2.05) is 0 Å². The lowest BCUT2D eigenvalue weighted by Crippen LogP contribution is -2.05. The predicted octanol–water partition coefficient (Wildman–Crippen LogP) is 4.10. The molecule has 1 heterocycles. The van der Waals surface area contributed by atoms with Gasteiger partial charge >= 0.3 is 0 Å². The van der Waals surface area contributed by atoms with Crippen molar-refractivity contribution in [1.29, 1.82) is 0 Å². The van der Waals surface area contributed by atoms with Gasteiger partial charge in [0.15, 0.2) is 0 Å². The first-order valence-corrected chi connectivity index (χ1v) is 7.92. The van der Waals surface area contributed by atoms with E-state index in [0.717, 1.165) is 29.9 Å². The molecule has 0 spiro atoms. The quantitative estimate of drug-likeness (QED) is 0.508. The van der Waals surface area contributed by atoms with Gasteiger partial charge in [0.2, 0.25) is 0 Å². The van der Waals surface area contributed by atoms with Crippen LogP contribution in [0.5, 0.6) is 0 Å². The Morgan fingerprint density at radius 1 is 0.941 bits per heavy atom. The molecule has 0 N–H and O–H groups in total. The summed E-state index contributed by atoms with van der Waals surface area (Å²) in [5.74, 6) is 2.20. The maximum Gasteiger partial charge on any atom is 0.143 e. The summed E-state index contributed by atoms with van der Waals surface area (Å²) < 4.78 is 2.22. The highest BCUT2D eigenvalue weighted by Crippen LogP contribution is 2.11. The second-order valence-corrected chi connectivity index (χ2v) is 4.99. The minimum absolute atomic E-state index is 0.796. The molecular formula is C13H24BrN3. The molecule has 0 aliphatic carbocycles. The summed E-state index contributed by atoms with van der Waals surface area (Å²) >= 11 is 3.45. The van der Waals surface area contributed by atoms with Crippen LogP contribution < -0.4 is 0 Å². The summed E-state index contributed by atoms with van der Waals surface area (Å²) in [6.07, 6.45) is 9.06. The van der Waals surface area contributed by atoms with Crippen molar-refractivity contribution in [3.05, 3.63) is 11.6 Å². The number of rotatable bonds is 9. The average Bonchev–Trinajstić information content (AvgIpc) is 2.75. The second-order valence-electron chi connectivity index (χ2n) is 4.43. The zero-order valence-corrected chi connectivity index (χ0v) is 12.7. The fraction of sp³-hybridized carbons (Fsp3) is 0.846. The molecule has 0 aromatic carbocycles. The highest BCUT2D eigenvalue weighted by atomic mass is 79.9. The molecule has 0 bridgehead atoms. The van der Waals surface area contributed by atoms with Crippen molar-refractivity contribution in [3.8, 4) is 0 Å². The maximum atomic E-state index is 4.27. The number of nitrogens with zero attached hydrogens (tertiary/aromatic N) is 3. The van der Waals surface area contributed by atoms with Gasteiger partial charge in [-0.05, 0) is 13.3 Å². The summed E-state index contributed by atoms with van der Waals surface area (Å²) in [5.41, 5.74) is 0. The Labute approximate surface area is 113 Å². The SMILES string of the molecule is CCCCCCCCc1nnc(CBr)n1CC. The van der Waals surface area contributed by atoms with Gasteiger partial charge in [0, 0.05) is 13.0 Å². The van der Waals surface area contributed by atoms with Gasteiger partial charge in [-0.3, -0.25) is 0 Å². The summed E-state index contributed by atoms with van der Waals surface area (Å²) in [4.78, 5) is 0. The van der Waals surface area contributed by atoms with E-state index in [1.165, 1.54) is 38.5 Å². The topological polar surface area (TPSA) is 30.7 Å². The van der Waals surface area contributed by atoms with Gasteiger partial charge in [-0.25, -0.2) is 0 Å². The van der Waals surface area contributed by atoms with Gasteiger partial charge in [0.1, 0.15) is 11.6 Å². The molecule has 4 heteroatoms. The Morgan fingerprint density at radius 3 is 2.24 bits per heavy atom. The number of aryl methyl sites for hydroxylation is 1. The molecule has 0 unspecified atom stereocenters. The first kappa shape index (κ1) is 14.7. The number of alkyl halides is 1. The van der Waals surface area contributed by atoms with Crippen LogP contribution in [0.25, 0.3) is 0 Å². The van der Waals surface area contributed by atoms with E-state index in [2.05, 4.69) is 44.5 Å². The fourth-order valence-corrected chi connectivity index (χ4v) is 2.50. The monoisotopic (exact) mass is 301 g/mol. The first-order chi connectivity index (χ1) is 8.33. The molecule has 3 nitrogen and oxygen atoms in total. The lowest BCUT2D eigenvalue weighted by atomic mass is 10.1. The van der Waals surface area contributed by atoms with Crippen LogP contribution in [-0.4, -0.2) is 14.8 Å². The number of halogens is 1. The number of hydrogen-bond donors (Lipinski definition) is 0. The Bertz CT molecular complexity index is 310. The molecule has 0 radical (unpaired) electrons. The third-order valence-electron chi connectivity index (χ3n) is 3.09. The van der Waals surface area contributed by atoms with Crippen LogP contribution in [0.15, 0.2) is 0 Å². The van der Waals surface area contributed by atoms with Crippen molar-refractivity contribution in [2.75, 3.05) is 0 Å². The normalized spacial score (nSPS) is 11.0. The Hall–Kier alpha value is -0.380. The summed E-state index contributed by atoms with van der Waals surface area (Å²) in [5, 5.41) is 9.27. The van der Waals surface area contributed by atoms with Crippen LogP contribution in [0.3, 0.4) is 0 Å². The third-order valence-corrected chi connectivity index (χ3v) is 3.60. The highest BCUT2D eigenvalue weighted by molar-refractivity contribution is 9.08. The van der Waals surface area contributed by atoms with E-state index in [-0.39, 0.29) is 0 Å². The molecular weight excluding hydrogens is 278 g/mol. The lowest BCUT2D eigenvalue weighted by Gasteiger charge is -2.05. The van der Waals surface area contributed by atoms with Crippen molar-refractivity contribution in [1.82, 2.24) is 14.8 Å². The van der Waals surface area contributed by atoms with E-state index in [9.17, 15) is 0 Å². The van der Waals surface area contributed by atoms with Gasteiger partial charge in [-0.15, -0.1) is 10.2 Å². The van der Waals surface area contributed by atoms with Crippen LogP contribution in [0.4, 0.5) is 0 Å². The van der Waals surface area contributed by atoms with Crippen molar-refractivity contribution in [2.24, 2.45) is 0 Å². The molecule has 0 saturated carbocycles. The van der Waals surface area contributed by atoms with Crippen LogP contribution in [0, 0.1) is 0 Å². The molecule has 98 valence electrons. The molecule has 0 amide bonds. The third kappa shape index (κ3) is 4.78. The summed E-state index contributed by atoms with van der Waals surface area (Å²) in [6.45, 7) is 5.38. The first-order valence-electron chi connectivity index (χ1n) is 6.80. The van der Waals surface area contributed by atoms with Crippen molar-refractivity contribution in [3.63, 3.8) is 0 Å². The standard InChI is InChI=1S/C13H24BrN3/c1-3-5-6-7-8-9-10-12-15-16-13(11-14)17(12)4-2/h3-11H2,1-2H3. The van der Waals surface area contributed by atoms with Gasteiger partial charge in [0.05, 0.1) is 5.33 Å². The number of aromatic nitrogens is 3. The zero-order valence-electron chi connectivity index (χ0n) is 11.1. The number of hydrogen-bond acceptors (Lipinski definition) is 2. The Morgan fingerprint density at radius 2 is 1.59 bits per heavy atom. The predicted molar refractivity (Wildman–Crippen MR) is 75.4 cm³/mol. The molecule has 1 rings (SSSR count). The van der Waals surface area contributed by atoms with E-state index < -0.39 is 0 Å². The van der Waals surface area contributed by atoms with E-state index in [0.29, 0.717) is 0 Å². The largest absolute Gasteiger partial charge is 0.315 e. The molecule has 0 fully saturated rings. The molecule has 1 aromatic heterocycles. The van der Waals surface area contributed by atoms with Gasteiger partial charge in [0.25, 0.3) is 0 Å². The van der Waals surface area contributed by atoms with E-state index >= 15 is 0 Å². The minimum atomic E-state index is 0.796. The van der Waals surface area contributed by atoms with Gasteiger partial charge in [-0.2, -0.15) is 0 Å². The minimum Gasteiger partial charge on any atom is -0.315 e. The Balaban J connectivity index is 2.29. The molecule has 0 aliphatic rings. The molecule has 0 aliphatic heterocycles. The summed E-state index contributed by atoms with van der Waals surface area (Å²) in [7, 11) is 0. The van der Waals surface area contributed by atoms with Crippen LogP contribution in [0.1, 0.15) is 64.0 Å². The second kappa shape index (κ2) is 8.67. The molecule has 0 atom stereocenters. The summed E-state index contributed by atoms with van der Waals surface area (Å²) in [6, 6.07) is 0. The van der Waals surface area contributed by atoms with Gasteiger partial charge in [-0.1, -0.05) is 55.0 Å². The van der Waals surface area contributed by atoms with Crippen LogP contribution in [-0.2, 0) is 18.3 Å². The fourth-order valence-electron chi connectivity index (χ4n) is 2.08. The molecule has 1 aromatic rings. The van der Waals surface area contributed by atoms with Crippen LogP contribution in [0.2, 0.25) is 0 Å². The molecule has 17 heavy (non-hydrogen) atoms. The van der Waals surface area contributed by atoms with E-state index in [1.54, 1.807) is 0 Å². The Kier molecular flexibility index (Phi) is 7.49. The smallest absolute Gasteiger partial charge is 0.143 e. The number of unbranched alkanes of at least 4 members (excludes halogenated alkanes) is 5. The van der Waals surface area contributed by atoms with Crippen LogP contribution >= 0.6 is 15.9 Å². The lowest BCUT2D eigenvalue weighted by molar-refractivity contribution is 0.585. The van der Waals surface area contributed by atoms with Crippen molar-refractivity contribution in [2.45, 2.75) is 70.7 Å². The van der Waals surface area contributed by atoms with Crippen molar-refractivity contribution < 1.29 is 0 Å². The highest BCUT2D eigenvalue weighted by Gasteiger charge is 2.08.